The summed E-state index contributed by atoms with van der Waals surface area (Å²) in [4.78, 5) is 25.8. The molecule has 1 aliphatic heterocycles. The summed E-state index contributed by atoms with van der Waals surface area (Å²) in [5.41, 5.74) is 2.77. The van der Waals surface area contributed by atoms with Crippen molar-refractivity contribution in [3.8, 4) is 0 Å². The van der Waals surface area contributed by atoms with Crippen LogP contribution in [0, 0.1) is 19.8 Å². The second-order valence-electron chi connectivity index (χ2n) is 6.32. The van der Waals surface area contributed by atoms with Crippen molar-refractivity contribution < 1.29 is 19.2 Å². The molecule has 2 heterocycles. The van der Waals surface area contributed by atoms with Crippen molar-refractivity contribution in [3.63, 3.8) is 0 Å². The van der Waals surface area contributed by atoms with E-state index >= 15 is 0 Å². The molecule has 0 radical (unpaired) electrons. The summed E-state index contributed by atoms with van der Waals surface area (Å²) in [7, 11) is 0. The predicted molar refractivity (Wildman–Crippen MR) is 86.6 cm³/mol. The van der Waals surface area contributed by atoms with Crippen LogP contribution >= 0.6 is 0 Å². The Morgan fingerprint density at radius 1 is 1.29 bits per heavy atom. The van der Waals surface area contributed by atoms with Gasteiger partial charge >= 0.3 is 5.97 Å². The second kappa shape index (κ2) is 6.47. The minimum atomic E-state index is -0.867. The molecular weight excluding hydrogens is 308 g/mol. The highest BCUT2D eigenvalue weighted by molar-refractivity contribution is 5.81. The van der Waals surface area contributed by atoms with Gasteiger partial charge in [-0.15, -0.1) is 0 Å². The first-order chi connectivity index (χ1) is 11.5. The van der Waals surface area contributed by atoms with Crippen LogP contribution in [0.1, 0.15) is 28.5 Å². The Morgan fingerprint density at radius 3 is 2.67 bits per heavy atom. The Bertz CT molecular complexity index is 768. The van der Waals surface area contributed by atoms with Gasteiger partial charge in [-0.1, -0.05) is 29.4 Å². The zero-order valence-electron chi connectivity index (χ0n) is 13.7. The predicted octanol–water partition coefficient (Wildman–Crippen LogP) is 2.16. The SMILES string of the molecule is Cc1cc(CC(=O)N2C[C@@H](C(=O)O)[C@H](c3ccccc3C)C2)on1. The van der Waals surface area contributed by atoms with E-state index in [9.17, 15) is 14.7 Å². The number of carbonyl (C=O) groups excluding carboxylic acids is 1. The minimum Gasteiger partial charge on any atom is -0.481 e. The van der Waals surface area contributed by atoms with Crippen molar-refractivity contribution in [1.82, 2.24) is 10.1 Å². The summed E-state index contributed by atoms with van der Waals surface area (Å²) >= 11 is 0. The van der Waals surface area contributed by atoms with E-state index in [1.54, 1.807) is 17.9 Å². The number of hydrogen-bond acceptors (Lipinski definition) is 4. The fourth-order valence-corrected chi connectivity index (χ4v) is 3.34. The summed E-state index contributed by atoms with van der Waals surface area (Å²) < 4.78 is 5.09. The number of likely N-dealkylation sites (tertiary alicyclic amines) is 1. The number of aromatic nitrogens is 1. The first kappa shape index (κ1) is 16.2. The Balaban J connectivity index is 1.78. The van der Waals surface area contributed by atoms with Gasteiger partial charge in [-0.05, 0) is 25.0 Å². The van der Waals surface area contributed by atoms with Crippen LogP contribution in [0.4, 0.5) is 0 Å². The lowest BCUT2D eigenvalue weighted by molar-refractivity contribution is -0.141. The third kappa shape index (κ3) is 3.18. The van der Waals surface area contributed by atoms with Crippen LogP contribution in [0.3, 0.4) is 0 Å². The number of benzene rings is 1. The number of aryl methyl sites for hydroxylation is 2. The molecule has 1 aromatic heterocycles. The van der Waals surface area contributed by atoms with E-state index in [0.29, 0.717) is 12.3 Å². The highest BCUT2D eigenvalue weighted by Gasteiger charge is 2.40. The van der Waals surface area contributed by atoms with Gasteiger partial charge in [0.15, 0.2) is 0 Å². The Hall–Kier alpha value is -2.63. The Labute approximate surface area is 140 Å². The van der Waals surface area contributed by atoms with Crippen LogP contribution in [-0.4, -0.2) is 40.1 Å². The summed E-state index contributed by atoms with van der Waals surface area (Å²) in [6.45, 7) is 4.39. The fourth-order valence-electron chi connectivity index (χ4n) is 3.34. The molecule has 0 bridgehead atoms. The van der Waals surface area contributed by atoms with Crippen molar-refractivity contribution in [1.29, 1.82) is 0 Å². The van der Waals surface area contributed by atoms with Crippen LogP contribution in [0.5, 0.6) is 0 Å². The molecule has 3 rings (SSSR count). The van der Waals surface area contributed by atoms with Gasteiger partial charge in [0.1, 0.15) is 5.76 Å². The molecule has 1 N–H and O–H groups in total. The van der Waals surface area contributed by atoms with Gasteiger partial charge < -0.3 is 14.5 Å². The molecule has 6 nitrogen and oxygen atoms in total. The van der Waals surface area contributed by atoms with Gasteiger partial charge in [0.2, 0.25) is 5.91 Å². The first-order valence-electron chi connectivity index (χ1n) is 7.94. The summed E-state index contributed by atoms with van der Waals surface area (Å²) in [5.74, 6) is -1.28. The monoisotopic (exact) mass is 328 g/mol. The molecule has 0 spiro atoms. The maximum atomic E-state index is 12.5. The van der Waals surface area contributed by atoms with Crippen molar-refractivity contribution in [2.24, 2.45) is 5.92 Å². The molecule has 0 saturated carbocycles. The summed E-state index contributed by atoms with van der Waals surface area (Å²) in [6, 6.07) is 9.48. The number of nitrogens with zero attached hydrogens (tertiary/aromatic N) is 2. The molecule has 126 valence electrons. The number of carboxylic acid groups (broad SMARTS) is 1. The molecule has 2 aromatic rings. The summed E-state index contributed by atoms with van der Waals surface area (Å²) in [6.07, 6.45) is 0.105. The van der Waals surface area contributed by atoms with Gasteiger partial charge in [-0.3, -0.25) is 9.59 Å². The van der Waals surface area contributed by atoms with Gasteiger partial charge in [0.05, 0.1) is 18.0 Å². The molecule has 1 saturated heterocycles. The Morgan fingerprint density at radius 2 is 2.04 bits per heavy atom. The average Bonchev–Trinajstić information content (AvgIpc) is 3.14. The van der Waals surface area contributed by atoms with Crippen LogP contribution < -0.4 is 0 Å². The molecule has 1 aliphatic rings. The van der Waals surface area contributed by atoms with Crippen LogP contribution in [-0.2, 0) is 16.0 Å². The number of carboxylic acids is 1. The third-order valence-electron chi connectivity index (χ3n) is 4.58. The van der Waals surface area contributed by atoms with Gasteiger partial charge in [0, 0.05) is 25.1 Å². The number of rotatable bonds is 4. The van der Waals surface area contributed by atoms with Crippen molar-refractivity contribution in [2.75, 3.05) is 13.1 Å². The normalized spacial score (nSPS) is 20.3. The molecule has 1 amide bonds. The maximum absolute atomic E-state index is 12.5. The standard InChI is InChI=1S/C18H20N2O4/c1-11-5-3-4-6-14(11)15-9-20(10-16(15)18(22)23)17(21)8-13-7-12(2)19-24-13/h3-7,15-16H,8-10H2,1-2H3,(H,22,23)/t15-,16+/m0/s1. The highest BCUT2D eigenvalue weighted by Crippen LogP contribution is 2.34. The summed E-state index contributed by atoms with van der Waals surface area (Å²) in [5, 5.41) is 13.3. The number of aliphatic carboxylic acids is 1. The van der Waals surface area contributed by atoms with E-state index in [-0.39, 0.29) is 24.8 Å². The quantitative estimate of drug-likeness (QED) is 0.930. The zero-order valence-corrected chi connectivity index (χ0v) is 13.7. The van der Waals surface area contributed by atoms with Crippen LogP contribution in [0.25, 0.3) is 0 Å². The molecule has 1 fully saturated rings. The third-order valence-corrected chi connectivity index (χ3v) is 4.58. The van der Waals surface area contributed by atoms with E-state index in [0.717, 1.165) is 16.8 Å². The molecular formula is C18H20N2O4. The van der Waals surface area contributed by atoms with Crippen molar-refractivity contribution in [2.45, 2.75) is 26.2 Å². The molecule has 1 aromatic carbocycles. The molecule has 24 heavy (non-hydrogen) atoms. The first-order valence-corrected chi connectivity index (χ1v) is 7.94. The van der Waals surface area contributed by atoms with Gasteiger partial charge in [-0.2, -0.15) is 0 Å². The smallest absolute Gasteiger partial charge is 0.308 e. The van der Waals surface area contributed by atoms with Crippen molar-refractivity contribution >= 4 is 11.9 Å². The molecule has 2 atom stereocenters. The second-order valence-corrected chi connectivity index (χ2v) is 6.32. The topological polar surface area (TPSA) is 83.6 Å². The lowest BCUT2D eigenvalue weighted by Gasteiger charge is -2.17. The Kier molecular flexibility index (Phi) is 4.38. The van der Waals surface area contributed by atoms with Crippen LogP contribution in [0.2, 0.25) is 0 Å². The number of amides is 1. The minimum absolute atomic E-state index is 0.105. The van der Waals surface area contributed by atoms with E-state index in [2.05, 4.69) is 5.16 Å². The van der Waals surface area contributed by atoms with Crippen molar-refractivity contribution in [3.05, 3.63) is 52.9 Å². The largest absolute Gasteiger partial charge is 0.481 e. The average molecular weight is 328 g/mol. The van der Waals surface area contributed by atoms with Crippen LogP contribution in [0.15, 0.2) is 34.9 Å². The zero-order chi connectivity index (χ0) is 17.3. The lowest BCUT2D eigenvalue weighted by Crippen LogP contribution is -2.31. The van der Waals surface area contributed by atoms with E-state index < -0.39 is 11.9 Å². The number of hydrogen-bond donors (Lipinski definition) is 1. The van der Waals surface area contributed by atoms with Gasteiger partial charge in [0.25, 0.3) is 0 Å². The molecule has 6 heteroatoms. The highest BCUT2D eigenvalue weighted by atomic mass is 16.5. The lowest BCUT2D eigenvalue weighted by atomic mass is 9.86. The van der Waals surface area contributed by atoms with E-state index in [1.807, 2.05) is 31.2 Å². The van der Waals surface area contributed by atoms with E-state index in [1.165, 1.54) is 0 Å². The fraction of sp³-hybridized carbons (Fsp3) is 0.389. The maximum Gasteiger partial charge on any atom is 0.308 e. The van der Waals surface area contributed by atoms with Gasteiger partial charge in [-0.25, -0.2) is 0 Å². The molecule has 0 unspecified atom stereocenters. The number of carbonyl (C=O) groups is 2. The molecule has 0 aliphatic carbocycles. The van der Waals surface area contributed by atoms with E-state index in [4.69, 9.17) is 4.52 Å².